The molecule has 2 rings (SSSR count). The van der Waals surface area contributed by atoms with Crippen molar-refractivity contribution in [2.75, 3.05) is 13.2 Å². The smallest absolute Gasteiger partial charge is 0.416 e. The third-order valence-corrected chi connectivity index (χ3v) is 2.53. The normalized spacial score (nSPS) is 11.2. The van der Waals surface area contributed by atoms with Gasteiger partial charge in [-0.3, -0.25) is 0 Å². The summed E-state index contributed by atoms with van der Waals surface area (Å²) in [6.07, 6.45) is -4.36. The number of benzene rings is 2. The minimum atomic E-state index is -4.36. The average molecular weight is 282 g/mol. The fourth-order valence-corrected chi connectivity index (χ4v) is 1.60. The second-order valence-corrected chi connectivity index (χ2v) is 4.04. The summed E-state index contributed by atoms with van der Waals surface area (Å²) in [6, 6.07) is 13.9. The van der Waals surface area contributed by atoms with E-state index in [-0.39, 0.29) is 19.0 Å². The van der Waals surface area contributed by atoms with E-state index in [1.165, 1.54) is 12.1 Å². The Morgan fingerprint density at radius 2 is 1.35 bits per heavy atom. The lowest BCUT2D eigenvalue weighted by atomic mass is 10.2. The number of rotatable bonds is 5. The van der Waals surface area contributed by atoms with Crippen LogP contribution in [0.25, 0.3) is 0 Å². The molecule has 106 valence electrons. The molecule has 0 radical (unpaired) electrons. The largest absolute Gasteiger partial charge is 0.490 e. The molecule has 2 aromatic rings. The van der Waals surface area contributed by atoms with E-state index in [4.69, 9.17) is 9.47 Å². The van der Waals surface area contributed by atoms with Gasteiger partial charge in [0, 0.05) is 0 Å². The molecule has 2 aromatic carbocycles. The van der Waals surface area contributed by atoms with Gasteiger partial charge in [0.05, 0.1) is 5.56 Å². The molecule has 0 aliphatic rings. The summed E-state index contributed by atoms with van der Waals surface area (Å²) in [4.78, 5) is 0. The molecule has 0 atom stereocenters. The Hall–Kier alpha value is -2.17. The van der Waals surface area contributed by atoms with Crippen LogP contribution < -0.4 is 9.47 Å². The van der Waals surface area contributed by atoms with E-state index >= 15 is 0 Å². The Morgan fingerprint density at radius 1 is 0.750 bits per heavy atom. The molecule has 0 aliphatic heterocycles. The van der Waals surface area contributed by atoms with E-state index in [0.717, 1.165) is 12.1 Å². The van der Waals surface area contributed by atoms with Gasteiger partial charge in [-0.2, -0.15) is 13.2 Å². The highest BCUT2D eigenvalue weighted by Gasteiger charge is 2.30. The first-order valence-corrected chi connectivity index (χ1v) is 6.03. The highest BCUT2D eigenvalue weighted by Crippen LogP contribution is 2.31. The molecule has 0 amide bonds. The summed E-state index contributed by atoms with van der Waals surface area (Å²) in [5.74, 6) is 0.872. The second-order valence-electron chi connectivity index (χ2n) is 4.04. The van der Waals surface area contributed by atoms with E-state index in [0.29, 0.717) is 5.75 Å². The maximum atomic E-state index is 12.5. The molecule has 0 unspecified atom stereocenters. The van der Waals surface area contributed by atoms with Crippen LogP contribution in [0, 0.1) is 0 Å². The lowest BCUT2D eigenvalue weighted by molar-refractivity contribution is -0.137. The predicted octanol–water partition coefficient (Wildman–Crippen LogP) is 4.16. The molecule has 5 heteroatoms. The van der Waals surface area contributed by atoms with E-state index in [1.54, 1.807) is 12.1 Å². The molecule has 0 spiro atoms. The SMILES string of the molecule is FC(F)(F)c1cccc(OCCOc2ccccc2)c1. The van der Waals surface area contributed by atoms with Crippen LogP contribution in [0.15, 0.2) is 54.6 Å². The van der Waals surface area contributed by atoms with E-state index in [9.17, 15) is 13.2 Å². The number of para-hydroxylation sites is 1. The van der Waals surface area contributed by atoms with Gasteiger partial charge in [-0.1, -0.05) is 24.3 Å². The topological polar surface area (TPSA) is 18.5 Å². The summed E-state index contributed by atoms with van der Waals surface area (Å²) >= 11 is 0. The molecule has 2 nitrogen and oxygen atoms in total. The maximum absolute atomic E-state index is 12.5. The molecule has 0 N–H and O–H groups in total. The van der Waals surface area contributed by atoms with Gasteiger partial charge in [0.15, 0.2) is 0 Å². The first-order chi connectivity index (χ1) is 9.55. The van der Waals surface area contributed by atoms with Crippen molar-refractivity contribution in [1.82, 2.24) is 0 Å². The van der Waals surface area contributed by atoms with Crippen molar-refractivity contribution < 1.29 is 22.6 Å². The highest BCUT2D eigenvalue weighted by atomic mass is 19.4. The third-order valence-electron chi connectivity index (χ3n) is 2.53. The van der Waals surface area contributed by atoms with Crippen molar-refractivity contribution in [3.05, 3.63) is 60.2 Å². The van der Waals surface area contributed by atoms with Crippen LogP contribution in [0.5, 0.6) is 11.5 Å². The van der Waals surface area contributed by atoms with Crippen molar-refractivity contribution in [2.45, 2.75) is 6.18 Å². The van der Waals surface area contributed by atoms with Crippen LogP contribution in [0.2, 0.25) is 0 Å². The number of ether oxygens (including phenoxy) is 2. The number of halogens is 3. The average Bonchev–Trinajstić information content (AvgIpc) is 2.44. The van der Waals surface area contributed by atoms with E-state index in [2.05, 4.69) is 0 Å². The lowest BCUT2D eigenvalue weighted by Crippen LogP contribution is -2.10. The summed E-state index contributed by atoms with van der Waals surface area (Å²) < 4.78 is 48.1. The van der Waals surface area contributed by atoms with Crippen molar-refractivity contribution in [3.63, 3.8) is 0 Å². The van der Waals surface area contributed by atoms with Gasteiger partial charge in [0.2, 0.25) is 0 Å². The van der Waals surface area contributed by atoms with Gasteiger partial charge in [-0.25, -0.2) is 0 Å². The minimum Gasteiger partial charge on any atom is -0.490 e. The van der Waals surface area contributed by atoms with Crippen LogP contribution in [-0.4, -0.2) is 13.2 Å². The van der Waals surface area contributed by atoms with Crippen molar-refractivity contribution >= 4 is 0 Å². The first kappa shape index (κ1) is 14.2. The van der Waals surface area contributed by atoms with Gasteiger partial charge in [-0.05, 0) is 30.3 Å². The molecular weight excluding hydrogens is 269 g/mol. The lowest BCUT2D eigenvalue weighted by Gasteiger charge is -2.10. The Kier molecular flexibility index (Phi) is 4.50. The fraction of sp³-hybridized carbons (Fsp3) is 0.200. The zero-order valence-corrected chi connectivity index (χ0v) is 10.6. The maximum Gasteiger partial charge on any atom is 0.416 e. The van der Waals surface area contributed by atoms with Gasteiger partial charge in [0.1, 0.15) is 24.7 Å². The van der Waals surface area contributed by atoms with E-state index in [1.807, 2.05) is 18.2 Å². The Balaban J connectivity index is 1.83. The monoisotopic (exact) mass is 282 g/mol. The molecule has 0 heterocycles. The van der Waals surface area contributed by atoms with Crippen molar-refractivity contribution in [3.8, 4) is 11.5 Å². The Bertz CT molecular complexity index is 538. The molecule has 20 heavy (non-hydrogen) atoms. The van der Waals surface area contributed by atoms with Gasteiger partial charge in [0.25, 0.3) is 0 Å². The van der Waals surface area contributed by atoms with Crippen LogP contribution in [0.4, 0.5) is 13.2 Å². The van der Waals surface area contributed by atoms with Gasteiger partial charge < -0.3 is 9.47 Å². The van der Waals surface area contributed by atoms with Crippen LogP contribution in [0.3, 0.4) is 0 Å². The van der Waals surface area contributed by atoms with Crippen LogP contribution >= 0.6 is 0 Å². The van der Waals surface area contributed by atoms with Crippen molar-refractivity contribution in [2.24, 2.45) is 0 Å². The third kappa shape index (κ3) is 4.19. The van der Waals surface area contributed by atoms with Crippen LogP contribution in [0.1, 0.15) is 5.56 Å². The molecule has 0 fully saturated rings. The van der Waals surface area contributed by atoms with Gasteiger partial charge >= 0.3 is 6.18 Å². The molecular formula is C15H13F3O2. The first-order valence-electron chi connectivity index (χ1n) is 6.03. The number of hydrogen-bond donors (Lipinski definition) is 0. The number of hydrogen-bond acceptors (Lipinski definition) is 2. The second kappa shape index (κ2) is 6.32. The zero-order valence-electron chi connectivity index (χ0n) is 10.6. The minimum absolute atomic E-state index is 0.177. The summed E-state index contributed by atoms with van der Waals surface area (Å²) in [7, 11) is 0. The summed E-state index contributed by atoms with van der Waals surface area (Å²) in [5.41, 5.74) is -0.723. The molecule has 0 saturated carbocycles. The molecule has 0 aromatic heterocycles. The highest BCUT2D eigenvalue weighted by molar-refractivity contribution is 5.30. The number of alkyl halides is 3. The Labute approximate surface area is 114 Å². The van der Waals surface area contributed by atoms with Gasteiger partial charge in [-0.15, -0.1) is 0 Å². The fourth-order valence-electron chi connectivity index (χ4n) is 1.60. The van der Waals surface area contributed by atoms with Crippen molar-refractivity contribution in [1.29, 1.82) is 0 Å². The molecule has 0 bridgehead atoms. The predicted molar refractivity (Wildman–Crippen MR) is 68.9 cm³/mol. The van der Waals surface area contributed by atoms with Crippen LogP contribution in [-0.2, 0) is 6.18 Å². The summed E-state index contributed by atoms with van der Waals surface area (Å²) in [6.45, 7) is 0.441. The molecule has 0 aliphatic carbocycles. The quantitative estimate of drug-likeness (QED) is 0.766. The van der Waals surface area contributed by atoms with E-state index < -0.39 is 11.7 Å². The summed E-state index contributed by atoms with van der Waals surface area (Å²) in [5, 5.41) is 0. The standard InChI is InChI=1S/C15H13F3O2/c16-15(17,18)12-5-4-8-14(11-12)20-10-9-19-13-6-2-1-3-7-13/h1-8,11H,9-10H2. The Morgan fingerprint density at radius 3 is 2.00 bits per heavy atom. The molecule has 0 saturated heterocycles. The zero-order chi connectivity index (χ0) is 14.4.